The molecule has 4 nitrogen and oxygen atoms in total. The van der Waals surface area contributed by atoms with Crippen LogP contribution in [0.4, 0.5) is 0 Å². The highest BCUT2D eigenvalue weighted by atomic mass is 16.5. The van der Waals surface area contributed by atoms with E-state index in [4.69, 9.17) is 4.74 Å². The van der Waals surface area contributed by atoms with Crippen molar-refractivity contribution in [2.24, 2.45) is 0 Å². The maximum atomic E-state index is 12.7. The Morgan fingerprint density at radius 3 is 2.64 bits per heavy atom. The maximum absolute atomic E-state index is 12.7. The first-order chi connectivity index (χ1) is 13.7. The van der Waals surface area contributed by atoms with Crippen LogP contribution in [0.15, 0.2) is 79.0 Å². The summed E-state index contributed by atoms with van der Waals surface area (Å²) in [5.41, 5.74) is 4.08. The Morgan fingerprint density at radius 2 is 1.79 bits per heavy atom. The molecule has 0 saturated carbocycles. The number of hydrogen-bond acceptors (Lipinski definition) is 2. The van der Waals surface area contributed by atoms with E-state index in [0.717, 1.165) is 11.9 Å². The highest BCUT2D eigenvalue weighted by molar-refractivity contribution is 5.97. The number of carbonyl (C=O) groups is 1. The van der Waals surface area contributed by atoms with Gasteiger partial charge in [-0.05, 0) is 55.3 Å². The lowest BCUT2D eigenvalue weighted by Gasteiger charge is -2.11. The van der Waals surface area contributed by atoms with Gasteiger partial charge >= 0.3 is 0 Å². The molecule has 28 heavy (non-hydrogen) atoms. The molecule has 0 radical (unpaired) electrons. The lowest BCUT2D eigenvalue weighted by Crippen LogP contribution is -2.26. The van der Waals surface area contributed by atoms with Gasteiger partial charge in [0.05, 0.1) is 5.56 Å². The zero-order valence-electron chi connectivity index (χ0n) is 15.7. The van der Waals surface area contributed by atoms with Crippen molar-refractivity contribution in [2.75, 3.05) is 6.54 Å². The van der Waals surface area contributed by atoms with E-state index < -0.39 is 0 Å². The van der Waals surface area contributed by atoms with E-state index in [1.54, 1.807) is 6.07 Å². The first-order valence-corrected chi connectivity index (χ1v) is 9.37. The molecule has 1 amide bonds. The highest BCUT2D eigenvalue weighted by Gasteiger charge is 2.13. The van der Waals surface area contributed by atoms with Crippen LogP contribution >= 0.6 is 0 Å². The fourth-order valence-electron chi connectivity index (χ4n) is 3.26. The second-order valence-corrected chi connectivity index (χ2v) is 6.78. The van der Waals surface area contributed by atoms with Crippen molar-refractivity contribution >= 4 is 16.8 Å². The van der Waals surface area contributed by atoms with E-state index in [1.165, 1.54) is 16.5 Å². The van der Waals surface area contributed by atoms with Crippen molar-refractivity contribution in [3.05, 3.63) is 95.7 Å². The molecule has 0 saturated heterocycles. The Morgan fingerprint density at radius 1 is 1.00 bits per heavy atom. The molecule has 4 rings (SSSR count). The van der Waals surface area contributed by atoms with Gasteiger partial charge in [0, 0.05) is 23.6 Å². The predicted octanol–water partition coefficient (Wildman–Crippen LogP) is 5.24. The summed E-state index contributed by atoms with van der Waals surface area (Å²) < 4.78 is 5.89. The monoisotopic (exact) mass is 370 g/mol. The van der Waals surface area contributed by atoms with E-state index in [-0.39, 0.29) is 5.91 Å². The fraction of sp³-hybridized carbons (Fsp3) is 0.125. The van der Waals surface area contributed by atoms with Crippen molar-refractivity contribution < 1.29 is 9.53 Å². The molecule has 0 aliphatic rings. The summed E-state index contributed by atoms with van der Waals surface area (Å²) in [6, 6.07) is 23.1. The first-order valence-electron chi connectivity index (χ1n) is 9.37. The largest absolute Gasteiger partial charge is 0.457 e. The number of amides is 1. The summed E-state index contributed by atoms with van der Waals surface area (Å²) in [5, 5.41) is 4.22. The number of fused-ring (bicyclic) bond motifs is 1. The predicted molar refractivity (Wildman–Crippen MR) is 112 cm³/mol. The van der Waals surface area contributed by atoms with Crippen molar-refractivity contribution in [1.29, 1.82) is 0 Å². The van der Waals surface area contributed by atoms with Gasteiger partial charge in [-0.3, -0.25) is 4.79 Å². The number of rotatable bonds is 6. The van der Waals surface area contributed by atoms with Crippen LogP contribution in [0.3, 0.4) is 0 Å². The van der Waals surface area contributed by atoms with E-state index in [9.17, 15) is 4.79 Å². The fourth-order valence-corrected chi connectivity index (χ4v) is 3.26. The third-order valence-electron chi connectivity index (χ3n) is 4.71. The SMILES string of the molecule is Cc1ccc2[nH]cc(CCNC(=O)c3ccccc3Oc3ccccc3)c2c1. The number of carbonyl (C=O) groups excluding carboxylic acids is 1. The van der Waals surface area contributed by atoms with E-state index in [0.29, 0.717) is 23.6 Å². The van der Waals surface area contributed by atoms with E-state index >= 15 is 0 Å². The van der Waals surface area contributed by atoms with Crippen molar-refractivity contribution in [1.82, 2.24) is 10.3 Å². The van der Waals surface area contributed by atoms with Crippen molar-refractivity contribution in [3.8, 4) is 11.5 Å². The lowest BCUT2D eigenvalue weighted by molar-refractivity contribution is 0.0952. The molecule has 2 N–H and O–H groups in total. The van der Waals surface area contributed by atoms with Gasteiger partial charge in [-0.15, -0.1) is 0 Å². The number of aryl methyl sites for hydroxylation is 1. The Labute approximate surface area is 164 Å². The molecule has 4 heteroatoms. The molecular formula is C24H22N2O2. The number of para-hydroxylation sites is 2. The van der Waals surface area contributed by atoms with Gasteiger partial charge in [0.25, 0.3) is 5.91 Å². The number of H-pyrrole nitrogens is 1. The summed E-state index contributed by atoms with van der Waals surface area (Å²) in [4.78, 5) is 16.0. The van der Waals surface area contributed by atoms with Gasteiger partial charge in [-0.25, -0.2) is 0 Å². The Kier molecular flexibility index (Phi) is 5.11. The van der Waals surface area contributed by atoms with Crippen LogP contribution in [0.2, 0.25) is 0 Å². The number of ether oxygens (including phenoxy) is 1. The van der Waals surface area contributed by atoms with Crippen LogP contribution in [0, 0.1) is 6.92 Å². The minimum Gasteiger partial charge on any atom is -0.457 e. The van der Waals surface area contributed by atoms with E-state index in [2.05, 4.69) is 35.4 Å². The van der Waals surface area contributed by atoms with Crippen LogP contribution in [-0.2, 0) is 6.42 Å². The molecule has 0 aliphatic carbocycles. The van der Waals surface area contributed by atoms with E-state index in [1.807, 2.05) is 54.7 Å². The Bertz CT molecular complexity index is 1100. The molecule has 0 aliphatic heterocycles. The molecule has 0 fully saturated rings. The van der Waals surface area contributed by atoms with Gasteiger partial charge in [0.2, 0.25) is 0 Å². The minimum absolute atomic E-state index is 0.137. The number of hydrogen-bond donors (Lipinski definition) is 2. The third kappa shape index (κ3) is 3.91. The standard InChI is InChI=1S/C24H22N2O2/c1-17-11-12-22-21(15-17)18(16-26-22)13-14-25-24(27)20-9-5-6-10-23(20)28-19-7-3-2-4-8-19/h2-12,15-16,26H,13-14H2,1H3,(H,25,27). The van der Waals surface area contributed by atoms with Crippen LogP contribution in [0.25, 0.3) is 10.9 Å². The maximum Gasteiger partial charge on any atom is 0.255 e. The molecular weight excluding hydrogens is 348 g/mol. The zero-order chi connectivity index (χ0) is 19.3. The Hall–Kier alpha value is -3.53. The smallest absolute Gasteiger partial charge is 0.255 e. The van der Waals surface area contributed by atoms with Gasteiger partial charge in [-0.2, -0.15) is 0 Å². The molecule has 1 aromatic heterocycles. The van der Waals surface area contributed by atoms with Gasteiger partial charge in [0.1, 0.15) is 11.5 Å². The first kappa shape index (κ1) is 17.9. The highest BCUT2D eigenvalue weighted by Crippen LogP contribution is 2.25. The molecule has 140 valence electrons. The number of aromatic nitrogens is 1. The average Bonchev–Trinajstić information content (AvgIpc) is 3.11. The van der Waals surface area contributed by atoms with Gasteiger partial charge < -0.3 is 15.0 Å². The van der Waals surface area contributed by atoms with Crippen LogP contribution < -0.4 is 10.1 Å². The molecule has 4 aromatic rings. The average molecular weight is 370 g/mol. The van der Waals surface area contributed by atoms with Crippen LogP contribution in [-0.4, -0.2) is 17.4 Å². The Balaban J connectivity index is 1.43. The van der Waals surface area contributed by atoms with Crippen molar-refractivity contribution in [2.45, 2.75) is 13.3 Å². The summed E-state index contributed by atoms with van der Waals surface area (Å²) in [6.45, 7) is 2.64. The van der Waals surface area contributed by atoms with Gasteiger partial charge in [0.15, 0.2) is 0 Å². The van der Waals surface area contributed by atoms with Gasteiger partial charge in [-0.1, -0.05) is 42.0 Å². The lowest BCUT2D eigenvalue weighted by atomic mass is 10.1. The molecule has 0 atom stereocenters. The second kappa shape index (κ2) is 8.01. The topological polar surface area (TPSA) is 54.1 Å². The molecule has 1 heterocycles. The quantitative estimate of drug-likeness (QED) is 0.488. The molecule has 0 bridgehead atoms. The normalized spacial score (nSPS) is 10.8. The zero-order valence-corrected chi connectivity index (χ0v) is 15.7. The van der Waals surface area contributed by atoms with Crippen molar-refractivity contribution in [3.63, 3.8) is 0 Å². The number of aromatic amines is 1. The molecule has 3 aromatic carbocycles. The number of nitrogens with one attached hydrogen (secondary N) is 2. The summed E-state index contributed by atoms with van der Waals surface area (Å²) in [7, 11) is 0. The summed E-state index contributed by atoms with van der Waals surface area (Å²) >= 11 is 0. The minimum atomic E-state index is -0.137. The second-order valence-electron chi connectivity index (χ2n) is 6.78. The van der Waals surface area contributed by atoms with Crippen LogP contribution in [0.5, 0.6) is 11.5 Å². The number of benzene rings is 3. The molecule has 0 spiro atoms. The third-order valence-corrected chi connectivity index (χ3v) is 4.71. The van der Waals surface area contributed by atoms with Crippen LogP contribution in [0.1, 0.15) is 21.5 Å². The summed E-state index contributed by atoms with van der Waals surface area (Å²) in [5.74, 6) is 1.12. The summed E-state index contributed by atoms with van der Waals surface area (Å²) in [6.07, 6.45) is 2.78. The molecule has 0 unspecified atom stereocenters.